The van der Waals surface area contributed by atoms with Gasteiger partial charge in [-0.05, 0) is 75.4 Å². The van der Waals surface area contributed by atoms with Crippen LogP contribution in [0, 0.1) is 6.92 Å². The highest BCUT2D eigenvalue weighted by Crippen LogP contribution is 2.36. The third-order valence-corrected chi connectivity index (χ3v) is 7.94. The van der Waals surface area contributed by atoms with Crippen LogP contribution in [-0.4, -0.2) is 40.8 Å². The smallest absolute Gasteiger partial charge is 0.338 e. The summed E-state index contributed by atoms with van der Waals surface area (Å²) in [5.74, 6) is 1.01. The van der Waals surface area contributed by atoms with E-state index in [9.17, 15) is 9.59 Å². The molecule has 1 atom stereocenters. The lowest BCUT2D eigenvalue weighted by atomic mass is 9.95. The lowest BCUT2D eigenvalue weighted by Crippen LogP contribution is -2.39. The summed E-state index contributed by atoms with van der Waals surface area (Å²) in [4.78, 5) is 40.8. The molecule has 5 rings (SSSR count). The second-order valence-corrected chi connectivity index (χ2v) is 10.9. The highest BCUT2D eigenvalue weighted by molar-refractivity contribution is 7.99. The molecule has 0 saturated carbocycles. The number of aromatic nitrogens is 3. The third kappa shape index (κ3) is 5.84. The molecule has 4 aromatic rings. The molecular formula is C29H28N4O6S2. The van der Waals surface area contributed by atoms with Crippen LogP contribution in [0.1, 0.15) is 43.8 Å². The molecule has 0 radical (unpaired) electrons. The summed E-state index contributed by atoms with van der Waals surface area (Å²) < 4.78 is 24.5. The molecule has 0 aliphatic carbocycles. The Hall–Kier alpha value is -4.16. The highest BCUT2D eigenvalue weighted by atomic mass is 32.2. The lowest BCUT2D eigenvalue weighted by molar-refractivity contribution is -0.139. The molecular weight excluding hydrogens is 564 g/mol. The molecule has 0 saturated heterocycles. The van der Waals surface area contributed by atoms with Gasteiger partial charge in [-0.3, -0.25) is 9.36 Å². The van der Waals surface area contributed by atoms with Crippen molar-refractivity contribution in [3.8, 4) is 11.5 Å². The number of benzene rings is 1. The van der Waals surface area contributed by atoms with Crippen molar-refractivity contribution in [1.82, 2.24) is 14.5 Å². The summed E-state index contributed by atoms with van der Waals surface area (Å²) in [6, 6.07) is 9.98. The Bertz CT molecular complexity index is 1820. The minimum atomic E-state index is -0.779. The molecule has 41 heavy (non-hydrogen) atoms. The van der Waals surface area contributed by atoms with E-state index in [1.807, 2.05) is 26.0 Å². The Morgan fingerprint density at radius 3 is 2.71 bits per heavy atom. The van der Waals surface area contributed by atoms with Crippen LogP contribution in [0.3, 0.4) is 0 Å². The normalized spacial score (nSPS) is 15.0. The number of esters is 1. The van der Waals surface area contributed by atoms with E-state index in [-0.39, 0.29) is 17.7 Å². The van der Waals surface area contributed by atoms with Crippen LogP contribution >= 0.6 is 23.1 Å². The number of fused-ring (bicyclic) bond motifs is 1. The van der Waals surface area contributed by atoms with Crippen molar-refractivity contribution in [2.24, 2.45) is 4.99 Å². The standard InChI is InChI=1S/C29H28N4O6S2/c1-6-37-21-14-18(8-10-20(21)36-5)25-24(27(35)38-7-2)17(4)32-29-33(25)26(34)22(40-29)15-19-9-11-23(39-19)41-28-30-13-12-16(3)31-28/h8-15,25H,6-7H2,1-5H3/b22-15+/t25-/m0/s1. The number of ether oxygens (including phenoxy) is 3. The zero-order chi connectivity index (χ0) is 29.1. The van der Waals surface area contributed by atoms with E-state index in [4.69, 9.17) is 18.6 Å². The SMILES string of the molecule is CCOC(=O)C1=C(C)N=c2s/c(=C/c3ccc(Sc4nccc(C)n4)o3)c(=O)n2[C@H]1c1ccc(OC)c(OCC)c1. The van der Waals surface area contributed by atoms with Crippen LogP contribution in [-0.2, 0) is 9.53 Å². The summed E-state index contributed by atoms with van der Waals surface area (Å²) >= 11 is 2.51. The Balaban J connectivity index is 1.60. The first kappa shape index (κ1) is 28.4. The van der Waals surface area contributed by atoms with E-state index < -0.39 is 12.0 Å². The number of carbonyl (C=O) groups excluding carboxylic acids is 1. The molecule has 1 aliphatic rings. The van der Waals surface area contributed by atoms with Crippen LogP contribution < -0.4 is 24.4 Å². The third-order valence-electron chi connectivity index (χ3n) is 6.16. The number of furan rings is 1. The van der Waals surface area contributed by atoms with Gasteiger partial charge in [0.05, 0.1) is 42.2 Å². The van der Waals surface area contributed by atoms with Crippen molar-refractivity contribution >= 4 is 35.1 Å². The quantitative estimate of drug-likeness (QED) is 0.210. The van der Waals surface area contributed by atoms with Crippen LogP contribution in [0.4, 0.5) is 0 Å². The molecule has 0 spiro atoms. The number of nitrogens with zero attached hydrogens (tertiary/aromatic N) is 4. The first-order valence-electron chi connectivity index (χ1n) is 12.9. The van der Waals surface area contributed by atoms with Gasteiger partial charge in [0.1, 0.15) is 5.76 Å². The Labute approximate surface area is 244 Å². The first-order valence-corrected chi connectivity index (χ1v) is 14.5. The van der Waals surface area contributed by atoms with Gasteiger partial charge in [0, 0.05) is 18.0 Å². The number of hydrogen-bond acceptors (Lipinski definition) is 11. The maximum absolute atomic E-state index is 13.9. The predicted octanol–water partition coefficient (Wildman–Crippen LogP) is 4.05. The molecule has 1 aliphatic heterocycles. The summed E-state index contributed by atoms with van der Waals surface area (Å²) in [6.07, 6.45) is 3.36. The van der Waals surface area contributed by atoms with Gasteiger partial charge in [0.25, 0.3) is 5.56 Å². The largest absolute Gasteiger partial charge is 0.493 e. The fourth-order valence-corrected chi connectivity index (χ4v) is 6.18. The summed E-state index contributed by atoms with van der Waals surface area (Å²) in [7, 11) is 1.56. The Kier molecular flexibility index (Phi) is 8.41. The average Bonchev–Trinajstić information content (AvgIpc) is 3.51. The highest BCUT2D eigenvalue weighted by Gasteiger charge is 2.34. The fraction of sp³-hybridized carbons (Fsp3) is 0.276. The molecule has 1 aromatic carbocycles. The Morgan fingerprint density at radius 1 is 1.15 bits per heavy atom. The second kappa shape index (κ2) is 12.1. The zero-order valence-corrected chi connectivity index (χ0v) is 24.8. The van der Waals surface area contributed by atoms with Gasteiger partial charge in [0.2, 0.25) is 0 Å². The molecule has 0 unspecified atom stereocenters. The van der Waals surface area contributed by atoms with Crippen LogP contribution in [0.5, 0.6) is 11.5 Å². The number of methoxy groups -OCH3 is 1. The monoisotopic (exact) mass is 592 g/mol. The van der Waals surface area contributed by atoms with Crippen molar-refractivity contribution < 1.29 is 23.4 Å². The van der Waals surface area contributed by atoms with Gasteiger partial charge in [-0.1, -0.05) is 17.4 Å². The molecule has 0 fully saturated rings. The van der Waals surface area contributed by atoms with Crippen LogP contribution in [0.15, 0.2) is 78.3 Å². The van der Waals surface area contributed by atoms with Gasteiger partial charge in [-0.2, -0.15) is 0 Å². The average molecular weight is 593 g/mol. The summed E-state index contributed by atoms with van der Waals surface area (Å²) in [5, 5.41) is 1.16. The van der Waals surface area contributed by atoms with Gasteiger partial charge < -0.3 is 18.6 Å². The molecule has 0 amide bonds. The van der Waals surface area contributed by atoms with E-state index in [1.54, 1.807) is 57.5 Å². The second-order valence-electron chi connectivity index (χ2n) is 8.89. The van der Waals surface area contributed by atoms with E-state index in [2.05, 4.69) is 15.0 Å². The maximum Gasteiger partial charge on any atom is 0.338 e. The van der Waals surface area contributed by atoms with Crippen molar-refractivity contribution in [1.29, 1.82) is 0 Å². The first-order chi connectivity index (χ1) is 19.8. The Morgan fingerprint density at radius 2 is 1.98 bits per heavy atom. The molecule has 212 valence electrons. The van der Waals surface area contributed by atoms with Crippen molar-refractivity contribution in [3.05, 3.63) is 90.6 Å². The molecule has 4 heterocycles. The minimum absolute atomic E-state index is 0.186. The summed E-state index contributed by atoms with van der Waals surface area (Å²) in [6.45, 7) is 7.85. The van der Waals surface area contributed by atoms with Gasteiger partial charge in [-0.15, -0.1) is 0 Å². The lowest BCUT2D eigenvalue weighted by Gasteiger charge is -2.25. The molecule has 10 nitrogen and oxygen atoms in total. The van der Waals surface area contributed by atoms with Crippen molar-refractivity contribution in [2.45, 2.75) is 44.0 Å². The number of thiazole rings is 1. The summed E-state index contributed by atoms with van der Waals surface area (Å²) in [5.41, 5.74) is 1.97. The van der Waals surface area contributed by atoms with Crippen molar-refractivity contribution in [3.63, 3.8) is 0 Å². The van der Waals surface area contributed by atoms with E-state index >= 15 is 0 Å². The minimum Gasteiger partial charge on any atom is -0.493 e. The van der Waals surface area contributed by atoms with Gasteiger partial charge >= 0.3 is 5.97 Å². The number of allylic oxidation sites excluding steroid dienone is 1. The fourth-order valence-electron chi connectivity index (χ4n) is 4.40. The van der Waals surface area contributed by atoms with E-state index in [0.29, 0.717) is 54.7 Å². The molecule has 12 heteroatoms. The van der Waals surface area contributed by atoms with Gasteiger partial charge in [-0.25, -0.2) is 19.8 Å². The van der Waals surface area contributed by atoms with E-state index in [1.165, 1.54) is 27.7 Å². The number of rotatable bonds is 9. The van der Waals surface area contributed by atoms with Crippen LogP contribution in [0.2, 0.25) is 0 Å². The van der Waals surface area contributed by atoms with Crippen molar-refractivity contribution in [2.75, 3.05) is 20.3 Å². The van der Waals surface area contributed by atoms with Crippen LogP contribution in [0.25, 0.3) is 6.08 Å². The zero-order valence-electron chi connectivity index (χ0n) is 23.2. The molecule has 3 aromatic heterocycles. The number of aryl methyl sites for hydroxylation is 1. The molecule has 0 bridgehead atoms. The molecule has 0 N–H and O–H groups in total. The predicted molar refractivity (Wildman–Crippen MR) is 154 cm³/mol. The van der Waals surface area contributed by atoms with E-state index in [0.717, 1.165) is 5.69 Å². The van der Waals surface area contributed by atoms with Gasteiger partial charge in [0.15, 0.2) is 26.5 Å². The topological polar surface area (TPSA) is 118 Å². The number of hydrogen-bond donors (Lipinski definition) is 0. The maximum atomic E-state index is 13.9. The number of carbonyl (C=O) groups is 1.